The van der Waals surface area contributed by atoms with Crippen molar-refractivity contribution >= 4 is 21.6 Å². The zero-order valence-corrected chi connectivity index (χ0v) is 17.3. The van der Waals surface area contributed by atoms with Gasteiger partial charge < -0.3 is 9.72 Å². The van der Waals surface area contributed by atoms with Crippen molar-refractivity contribution in [1.29, 1.82) is 0 Å². The maximum atomic E-state index is 11.6. The molecule has 30 heavy (non-hydrogen) atoms. The maximum Gasteiger partial charge on any atom is 0.238 e. The Kier molecular flexibility index (Phi) is 5.59. The Labute approximate surface area is 179 Å². The van der Waals surface area contributed by atoms with Crippen LogP contribution in [0.3, 0.4) is 0 Å². The maximum absolute atomic E-state index is 11.6. The second-order valence-electron chi connectivity index (χ2n) is 6.59. The highest BCUT2D eigenvalue weighted by Gasteiger charge is 2.16. The molecule has 3 aromatic carbocycles. The Balaban J connectivity index is 1.71. The topological polar surface area (TPSA) is 98.1 Å². The number of nitrogens with zero attached hydrogens (tertiary/aromatic N) is 1. The summed E-state index contributed by atoms with van der Waals surface area (Å²) in [6, 6.07) is 23.1. The zero-order chi connectivity index (χ0) is 21.1. The van der Waals surface area contributed by atoms with Gasteiger partial charge in [-0.3, -0.25) is 0 Å². The summed E-state index contributed by atoms with van der Waals surface area (Å²) in [4.78, 5) is 8.04. The summed E-state index contributed by atoms with van der Waals surface area (Å²) in [6.07, 6.45) is 0. The van der Waals surface area contributed by atoms with Crippen molar-refractivity contribution in [1.82, 2.24) is 9.97 Å². The van der Waals surface area contributed by atoms with E-state index in [9.17, 15) is 8.42 Å². The van der Waals surface area contributed by atoms with Gasteiger partial charge in [0.15, 0.2) is 0 Å². The molecule has 6 nitrogen and oxygen atoms in total. The first-order valence-corrected chi connectivity index (χ1v) is 11.0. The molecule has 0 amide bonds. The number of sulfonamides is 1. The number of rotatable bonds is 6. The summed E-state index contributed by atoms with van der Waals surface area (Å²) in [7, 11) is -3.76. The first-order chi connectivity index (χ1) is 14.4. The summed E-state index contributed by atoms with van der Waals surface area (Å²) in [5.41, 5.74) is 3.09. The van der Waals surface area contributed by atoms with Gasteiger partial charge in [-0.15, -0.1) is 0 Å². The van der Waals surface area contributed by atoms with E-state index in [1.165, 1.54) is 12.1 Å². The SMILES string of the molecule is NS(=O)(=O)c1ccc(-c2[nH]c(COc3ccccc3)nc2-c2ccc(Cl)cc2)cc1. The quantitative estimate of drug-likeness (QED) is 0.457. The summed E-state index contributed by atoms with van der Waals surface area (Å²) in [5.74, 6) is 1.37. The van der Waals surface area contributed by atoms with Crippen LogP contribution in [0.5, 0.6) is 5.75 Å². The highest BCUT2D eigenvalue weighted by molar-refractivity contribution is 7.89. The van der Waals surface area contributed by atoms with Crippen molar-refractivity contribution in [2.24, 2.45) is 5.14 Å². The van der Waals surface area contributed by atoms with Gasteiger partial charge in [-0.05, 0) is 36.4 Å². The van der Waals surface area contributed by atoms with E-state index in [2.05, 4.69) is 4.98 Å². The molecule has 0 unspecified atom stereocenters. The Hall–Kier alpha value is -3.13. The number of hydrogen-bond acceptors (Lipinski definition) is 4. The predicted molar refractivity (Wildman–Crippen MR) is 117 cm³/mol. The molecule has 0 spiro atoms. The molecule has 0 aliphatic carbocycles. The number of hydrogen-bond donors (Lipinski definition) is 2. The van der Waals surface area contributed by atoms with Crippen molar-refractivity contribution in [3.63, 3.8) is 0 Å². The standard InChI is InChI=1S/C22H18ClN3O3S/c23-17-10-6-15(7-11-17)21-22(16-8-12-19(13-9-16)30(24,27)28)26-20(25-21)14-29-18-4-2-1-3-5-18/h1-13H,14H2,(H,25,26)(H2,24,27,28). The molecule has 152 valence electrons. The van der Waals surface area contributed by atoms with E-state index >= 15 is 0 Å². The van der Waals surface area contributed by atoms with E-state index in [1.807, 2.05) is 42.5 Å². The van der Waals surface area contributed by atoms with Crippen molar-refractivity contribution in [2.75, 3.05) is 0 Å². The van der Waals surface area contributed by atoms with E-state index < -0.39 is 10.0 Å². The van der Waals surface area contributed by atoms with Crippen LogP contribution in [0.25, 0.3) is 22.5 Å². The van der Waals surface area contributed by atoms with E-state index in [0.717, 1.165) is 22.6 Å². The molecule has 1 heterocycles. The number of primary sulfonamides is 1. The first kappa shape index (κ1) is 20.2. The molecule has 0 fully saturated rings. The second kappa shape index (κ2) is 8.31. The Morgan fingerprint density at radius 1 is 0.900 bits per heavy atom. The minimum atomic E-state index is -3.76. The van der Waals surface area contributed by atoms with E-state index in [0.29, 0.717) is 16.5 Å². The highest BCUT2D eigenvalue weighted by Crippen LogP contribution is 2.31. The molecule has 4 aromatic rings. The number of H-pyrrole nitrogens is 1. The highest BCUT2D eigenvalue weighted by atomic mass is 35.5. The van der Waals surface area contributed by atoms with E-state index in [1.54, 1.807) is 24.3 Å². The lowest BCUT2D eigenvalue weighted by Crippen LogP contribution is -2.11. The van der Waals surface area contributed by atoms with Crippen LogP contribution in [0.15, 0.2) is 83.8 Å². The zero-order valence-electron chi connectivity index (χ0n) is 15.7. The largest absolute Gasteiger partial charge is 0.486 e. The van der Waals surface area contributed by atoms with Crippen LogP contribution >= 0.6 is 11.6 Å². The Bertz CT molecular complexity index is 1250. The van der Waals surface area contributed by atoms with Crippen LogP contribution in [0.4, 0.5) is 0 Å². The number of para-hydroxylation sites is 1. The predicted octanol–water partition coefficient (Wildman–Crippen LogP) is 4.62. The summed E-state index contributed by atoms with van der Waals surface area (Å²) in [6.45, 7) is 0.250. The van der Waals surface area contributed by atoms with E-state index in [4.69, 9.17) is 26.5 Å². The molecular weight excluding hydrogens is 422 g/mol. The first-order valence-electron chi connectivity index (χ1n) is 9.06. The van der Waals surface area contributed by atoms with Crippen LogP contribution < -0.4 is 9.88 Å². The lowest BCUT2D eigenvalue weighted by Gasteiger charge is -2.05. The molecule has 0 aliphatic rings. The number of aromatic amines is 1. The number of benzene rings is 3. The van der Waals surface area contributed by atoms with Crippen LogP contribution in [0, 0.1) is 0 Å². The smallest absolute Gasteiger partial charge is 0.238 e. The van der Waals surface area contributed by atoms with Gasteiger partial charge in [0.05, 0.1) is 16.3 Å². The van der Waals surface area contributed by atoms with Crippen LogP contribution in [-0.2, 0) is 16.6 Å². The van der Waals surface area contributed by atoms with Gasteiger partial charge in [0.1, 0.15) is 18.2 Å². The Morgan fingerprint density at radius 2 is 1.53 bits per heavy atom. The van der Waals surface area contributed by atoms with Gasteiger partial charge >= 0.3 is 0 Å². The van der Waals surface area contributed by atoms with Gasteiger partial charge in [-0.1, -0.05) is 54.1 Å². The van der Waals surface area contributed by atoms with Crippen LogP contribution in [0.1, 0.15) is 5.82 Å². The molecule has 0 atom stereocenters. The van der Waals surface area contributed by atoms with Crippen LogP contribution in [-0.4, -0.2) is 18.4 Å². The van der Waals surface area contributed by atoms with Gasteiger partial charge in [0.25, 0.3) is 0 Å². The van der Waals surface area contributed by atoms with Crippen LogP contribution in [0.2, 0.25) is 5.02 Å². The number of halogens is 1. The van der Waals surface area contributed by atoms with Gasteiger partial charge in [-0.25, -0.2) is 18.5 Å². The van der Waals surface area contributed by atoms with Crippen molar-refractivity contribution < 1.29 is 13.2 Å². The van der Waals surface area contributed by atoms with Gasteiger partial charge in [0.2, 0.25) is 10.0 Å². The molecule has 0 aliphatic heterocycles. The average molecular weight is 440 g/mol. The van der Waals surface area contributed by atoms with Gasteiger partial charge in [0, 0.05) is 16.1 Å². The minimum Gasteiger partial charge on any atom is -0.486 e. The lowest BCUT2D eigenvalue weighted by atomic mass is 10.1. The number of nitrogens with two attached hydrogens (primary N) is 1. The van der Waals surface area contributed by atoms with Crippen molar-refractivity contribution in [3.05, 3.63) is 89.7 Å². The third kappa shape index (κ3) is 4.54. The number of imidazole rings is 1. The Morgan fingerprint density at radius 3 is 2.17 bits per heavy atom. The van der Waals surface area contributed by atoms with E-state index in [-0.39, 0.29) is 11.5 Å². The lowest BCUT2D eigenvalue weighted by molar-refractivity contribution is 0.297. The molecule has 0 radical (unpaired) electrons. The summed E-state index contributed by atoms with van der Waals surface area (Å²) in [5, 5.41) is 5.83. The second-order valence-corrected chi connectivity index (χ2v) is 8.58. The van der Waals surface area contributed by atoms with Gasteiger partial charge in [-0.2, -0.15) is 0 Å². The molecule has 1 aromatic heterocycles. The molecular formula is C22H18ClN3O3S. The molecule has 0 saturated heterocycles. The fourth-order valence-electron chi connectivity index (χ4n) is 3.00. The molecule has 0 bridgehead atoms. The number of nitrogens with one attached hydrogen (secondary N) is 1. The molecule has 4 rings (SSSR count). The molecule has 8 heteroatoms. The average Bonchev–Trinajstić information content (AvgIpc) is 3.17. The third-order valence-electron chi connectivity index (χ3n) is 4.46. The normalized spacial score (nSPS) is 11.4. The number of ether oxygens (including phenoxy) is 1. The minimum absolute atomic E-state index is 0.0476. The molecule has 0 saturated carbocycles. The fraction of sp³-hybridized carbons (Fsp3) is 0.0455. The number of aromatic nitrogens is 2. The van der Waals surface area contributed by atoms with Crippen molar-refractivity contribution in [3.8, 4) is 28.3 Å². The summed E-state index contributed by atoms with van der Waals surface area (Å²) >= 11 is 6.02. The summed E-state index contributed by atoms with van der Waals surface area (Å²) < 4.78 is 28.9. The van der Waals surface area contributed by atoms with Crippen molar-refractivity contribution in [2.45, 2.75) is 11.5 Å². The monoisotopic (exact) mass is 439 g/mol. The fourth-order valence-corrected chi connectivity index (χ4v) is 3.64. The third-order valence-corrected chi connectivity index (χ3v) is 5.64. The molecule has 3 N–H and O–H groups in total.